The molecule has 11 heavy (non-hydrogen) atoms. The van der Waals surface area contributed by atoms with Crippen LogP contribution in [0.3, 0.4) is 0 Å². The molecule has 0 N–H and O–H groups in total. The Hall–Kier alpha value is -0.520. The molecule has 62 valence electrons. The molecular formula is C9H15NO. The van der Waals surface area contributed by atoms with Gasteiger partial charge in [-0.15, -0.1) is 5.92 Å². The average molecular weight is 153 g/mol. The Morgan fingerprint density at radius 2 is 2.18 bits per heavy atom. The summed E-state index contributed by atoms with van der Waals surface area (Å²) in [5.74, 6) is 6.01. The van der Waals surface area contributed by atoms with E-state index in [0.717, 1.165) is 6.61 Å². The van der Waals surface area contributed by atoms with Gasteiger partial charge in [-0.3, -0.25) is 4.90 Å². The van der Waals surface area contributed by atoms with E-state index in [1.54, 1.807) is 0 Å². The Morgan fingerprint density at radius 1 is 1.55 bits per heavy atom. The highest BCUT2D eigenvalue weighted by Crippen LogP contribution is 2.24. The first kappa shape index (κ1) is 8.58. The Balaban J connectivity index is 2.68. The maximum atomic E-state index is 5.54. The predicted molar refractivity (Wildman–Crippen MR) is 45.0 cm³/mol. The molecule has 0 saturated carbocycles. The van der Waals surface area contributed by atoms with Gasteiger partial charge in [-0.05, 0) is 27.8 Å². The third-order valence-corrected chi connectivity index (χ3v) is 2.22. The monoisotopic (exact) mass is 153 g/mol. The maximum Gasteiger partial charge on any atom is 0.116 e. The minimum Gasteiger partial charge on any atom is -0.358 e. The largest absolute Gasteiger partial charge is 0.358 e. The zero-order valence-corrected chi connectivity index (χ0v) is 7.64. The molecule has 0 bridgehead atoms. The maximum absolute atomic E-state index is 5.54. The summed E-state index contributed by atoms with van der Waals surface area (Å²) in [6.45, 7) is 6.71. The van der Waals surface area contributed by atoms with Crippen LogP contribution in [-0.2, 0) is 4.74 Å². The summed E-state index contributed by atoms with van der Waals surface area (Å²) in [7, 11) is 2.04. The van der Waals surface area contributed by atoms with Gasteiger partial charge in [-0.25, -0.2) is 0 Å². The molecule has 0 aromatic heterocycles. The van der Waals surface area contributed by atoms with E-state index in [9.17, 15) is 0 Å². The number of hydrogen-bond donors (Lipinski definition) is 0. The van der Waals surface area contributed by atoms with E-state index in [1.165, 1.54) is 0 Å². The molecule has 0 aromatic carbocycles. The van der Waals surface area contributed by atoms with Gasteiger partial charge < -0.3 is 4.74 Å². The van der Waals surface area contributed by atoms with Gasteiger partial charge in [-0.2, -0.15) is 0 Å². The number of nitrogens with zero attached hydrogens (tertiary/aromatic N) is 1. The van der Waals surface area contributed by atoms with Crippen molar-refractivity contribution >= 4 is 0 Å². The topological polar surface area (TPSA) is 12.5 Å². The normalized spacial score (nSPS) is 29.6. The Kier molecular flexibility index (Phi) is 2.22. The molecule has 1 aliphatic heterocycles. The second-order valence-corrected chi connectivity index (χ2v) is 3.28. The van der Waals surface area contributed by atoms with Crippen LogP contribution in [0.5, 0.6) is 0 Å². The van der Waals surface area contributed by atoms with Crippen LogP contribution in [0.1, 0.15) is 20.8 Å². The number of hydrogen-bond acceptors (Lipinski definition) is 2. The number of rotatable bonds is 0. The summed E-state index contributed by atoms with van der Waals surface area (Å²) in [4.78, 5) is 2.16. The van der Waals surface area contributed by atoms with E-state index < -0.39 is 0 Å². The summed E-state index contributed by atoms with van der Waals surface area (Å²) in [5, 5.41) is 0. The van der Waals surface area contributed by atoms with Gasteiger partial charge in [0.05, 0.1) is 12.6 Å². The molecule has 0 radical (unpaired) electrons. The lowest BCUT2D eigenvalue weighted by Crippen LogP contribution is -2.39. The van der Waals surface area contributed by atoms with Crippen LogP contribution in [0.2, 0.25) is 0 Å². The van der Waals surface area contributed by atoms with Crippen molar-refractivity contribution in [2.45, 2.75) is 32.5 Å². The third-order valence-electron chi connectivity index (χ3n) is 2.22. The van der Waals surface area contributed by atoms with Crippen LogP contribution in [-0.4, -0.2) is 30.3 Å². The van der Waals surface area contributed by atoms with Gasteiger partial charge in [0, 0.05) is 0 Å². The van der Waals surface area contributed by atoms with Crippen LogP contribution < -0.4 is 0 Å². The summed E-state index contributed by atoms with van der Waals surface area (Å²) in [6, 6.07) is 0.273. The van der Waals surface area contributed by atoms with E-state index >= 15 is 0 Å². The first-order chi connectivity index (χ1) is 5.08. The Morgan fingerprint density at radius 3 is 2.55 bits per heavy atom. The second kappa shape index (κ2) is 2.84. The van der Waals surface area contributed by atoms with E-state index in [2.05, 4.69) is 30.6 Å². The van der Waals surface area contributed by atoms with Crippen LogP contribution >= 0.6 is 0 Å². The minimum absolute atomic E-state index is 0.144. The lowest BCUT2D eigenvalue weighted by Gasteiger charge is -2.27. The molecule has 0 aliphatic carbocycles. The molecule has 0 amide bonds. The first-order valence-corrected chi connectivity index (χ1v) is 3.87. The fourth-order valence-corrected chi connectivity index (χ4v) is 1.18. The van der Waals surface area contributed by atoms with Crippen molar-refractivity contribution in [2.24, 2.45) is 0 Å². The lowest BCUT2D eigenvalue weighted by molar-refractivity contribution is -0.0399. The Bertz CT molecular complexity index is 199. The van der Waals surface area contributed by atoms with Crippen molar-refractivity contribution in [3.63, 3.8) is 0 Å². The summed E-state index contributed by atoms with van der Waals surface area (Å²) < 4.78 is 5.54. The van der Waals surface area contributed by atoms with Crippen molar-refractivity contribution in [3.05, 3.63) is 0 Å². The highest BCUT2D eigenvalue weighted by atomic mass is 16.5. The van der Waals surface area contributed by atoms with E-state index in [0.29, 0.717) is 0 Å². The van der Waals surface area contributed by atoms with Crippen molar-refractivity contribution in [3.8, 4) is 11.8 Å². The average Bonchev–Trinajstić information content (AvgIpc) is 2.17. The zero-order valence-electron chi connectivity index (χ0n) is 7.64. The predicted octanol–water partition coefficient (Wildman–Crippen LogP) is 1.08. The molecule has 1 heterocycles. The number of ether oxygens (including phenoxy) is 1. The van der Waals surface area contributed by atoms with Gasteiger partial charge in [0.1, 0.15) is 5.72 Å². The molecule has 1 saturated heterocycles. The highest BCUT2D eigenvalue weighted by molar-refractivity contribution is 5.09. The molecule has 1 rings (SSSR count). The third kappa shape index (κ3) is 1.55. The molecule has 2 heteroatoms. The highest BCUT2D eigenvalue weighted by Gasteiger charge is 2.36. The Labute approximate surface area is 68.5 Å². The van der Waals surface area contributed by atoms with Crippen LogP contribution in [0.4, 0.5) is 0 Å². The lowest BCUT2D eigenvalue weighted by atomic mass is 10.2. The summed E-state index contributed by atoms with van der Waals surface area (Å²) >= 11 is 0. The van der Waals surface area contributed by atoms with E-state index in [-0.39, 0.29) is 11.8 Å². The molecule has 1 atom stereocenters. The quantitative estimate of drug-likeness (QED) is 0.483. The minimum atomic E-state index is -0.144. The van der Waals surface area contributed by atoms with Crippen LogP contribution in [0, 0.1) is 11.8 Å². The molecular weight excluding hydrogens is 138 g/mol. The van der Waals surface area contributed by atoms with Crippen molar-refractivity contribution < 1.29 is 4.74 Å². The second-order valence-electron chi connectivity index (χ2n) is 3.28. The fraction of sp³-hybridized carbons (Fsp3) is 0.778. The summed E-state index contributed by atoms with van der Waals surface area (Å²) in [6.07, 6.45) is 0. The standard InChI is InChI=1S/C9H15NO/c1-5-6-8-7-11-9(2,3)10(8)4/h8H,7H2,1-4H3. The molecule has 2 nitrogen and oxygen atoms in total. The zero-order chi connectivity index (χ0) is 8.48. The van der Waals surface area contributed by atoms with E-state index in [1.807, 2.05) is 14.0 Å². The molecule has 0 aromatic rings. The molecule has 1 fully saturated rings. The smallest absolute Gasteiger partial charge is 0.116 e. The molecule has 0 spiro atoms. The SMILES string of the molecule is CC#CC1COC(C)(C)N1C. The van der Waals surface area contributed by atoms with Crippen LogP contribution in [0.25, 0.3) is 0 Å². The number of likely N-dealkylation sites (N-methyl/N-ethyl adjacent to an activating group) is 1. The molecule has 1 unspecified atom stereocenters. The van der Waals surface area contributed by atoms with Crippen molar-refractivity contribution in [1.82, 2.24) is 4.90 Å². The summed E-state index contributed by atoms with van der Waals surface area (Å²) in [5.41, 5.74) is -0.144. The van der Waals surface area contributed by atoms with Crippen molar-refractivity contribution in [2.75, 3.05) is 13.7 Å². The van der Waals surface area contributed by atoms with E-state index in [4.69, 9.17) is 4.74 Å². The van der Waals surface area contributed by atoms with Gasteiger partial charge in [0.25, 0.3) is 0 Å². The van der Waals surface area contributed by atoms with Gasteiger partial charge in [0.15, 0.2) is 0 Å². The van der Waals surface area contributed by atoms with Gasteiger partial charge >= 0.3 is 0 Å². The van der Waals surface area contributed by atoms with Crippen molar-refractivity contribution in [1.29, 1.82) is 0 Å². The molecule has 1 aliphatic rings. The van der Waals surface area contributed by atoms with Gasteiger partial charge in [0.2, 0.25) is 0 Å². The van der Waals surface area contributed by atoms with Crippen LogP contribution in [0.15, 0.2) is 0 Å². The van der Waals surface area contributed by atoms with Gasteiger partial charge in [-0.1, -0.05) is 5.92 Å². The first-order valence-electron chi connectivity index (χ1n) is 3.87. The fourth-order valence-electron chi connectivity index (χ4n) is 1.18.